The molecule has 1 atom stereocenters. The Morgan fingerprint density at radius 1 is 1.27 bits per heavy atom. The van der Waals surface area contributed by atoms with E-state index in [4.69, 9.17) is 4.74 Å². The van der Waals surface area contributed by atoms with Gasteiger partial charge >= 0.3 is 6.29 Å². The van der Waals surface area contributed by atoms with Gasteiger partial charge in [0.1, 0.15) is 11.5 Å². The van der Waals surface area contributed by atoms with Crippen LogP contribution in [0.3, 0.4) is 0 Å². The Labute approximate surface area is 149 Å². The number of ether oxygens (including phenoxy) is 3. The van der Waals surface area contributed by atoms with Crippen molar-refractivity contribution in [2.24, 2.45) is 5.92 Å². The lowest BCUT2D eigenvalue weighted by Crippen LogP contribution is -2.25. The highest BCUT2D eigenvalue weighted by Gasteiger charge is 2.43. The second kappa shape index (κ2) is 7.11. The molecule has 0 spiro atoms. The predicted octanol–water partition coefficient (Wildman–Crippen LogP) is 4.82. The molecule has 7 heteroatoms. The van der Waals surface area contributed by atoms with Crippen LogP contribution >= 0.6 is 0 Å². The highest BCUT2D eigenvalue weighted by Crippen LogP contribution is 2.43. The number of Topliss-reactive ketones (excluding diaryl/α,β-unsaturated/α-hetero) is 1. The summed E-state index contributed by atoms with van der Waals surface area (Å²) in [5, 5.41) is 0. The average molecular weight is 361 g/mol. The molecular weight excluding hydrogens is 344 g/mol. The summed E-state index contributed by atoms with van der Waals surface area (Å²) in [6.45, 7) is 3.53. The van der Waals surface area contributed by atoms with Crippen molar-refractivity contribution in [2.75, 3.05) is 0 Å². The van der Waals surface area contributed by atoms with Crippen LogP contribution in [0.2, 0.25) is 0 Å². The monoisotopic (exact) mass is 361 g/mol. The number of hydrogen-bond acceptors (Lipinski definition) is 5. The fourth-order valence-corrected chi connectivity index (χ4v) is 2.46. The zero-order valence-corrected chi connectivity index (χ0v) is 14.2. The molecule has 0 saturated carbocycles. The van der Waals surface area contributed by atoms with Crippen molar-refractivity contribution in [3.63, 3.8) is 0 Å². The van der Waals surface area contributed by atoms with E-state index in [0.29, 0.717) is 18.1 Å². The van der Waals surface area contributed by atoms with Gasteiger partial charge in [-0.2, -0.15) is 0 Å². The van der Waals surface area contributed by atoms with E-state index in [9.17, 15) is 13.6 Å². The number of aromatic nitrogens is 1. The van der Waals surface area contributed by atoms with Crippen molar-refractivity contribution in [1.82, 2.24) is 4.98 Å². The summed E-state index contributed by atoms with van der Waals surface area (Å²) in [4.78, 5) is 15.2. The van der Waals surface area contributed by atoms with E-state index >= 15 is 0 Å². The number of hydrogen-bond donors (Lipinski definition) is 0. The van der Waals surface area contributed by atoms with Crippen LogP contribution in [0.4, 0.5) is 8.78 Å². The van der Waals surface area contributed by atoms with Crippen LogP contribution in [0.15, 0.2) is 42.6 Å². The minimum Gasteiger partial charge on any atom is -0.439 e. The van der Waals surface area contributed by atoms with Gasteiger partial charge in [-0.1, -0.05) is 19.1 Å². The van der Waals surface area contributed by atoms with Crippen LogP contribution in [-0.4, -0.2) is 17.1 Å². The van der Waals surface area contributed by atoms with Crippen LogP contribution in [0.1, 0.15) is 25.8 Å². The van der Waals surface area contributed by atoms with Gasteiger partial charge in [0.25, 0.3) is 0 Å². The zero-order chi connectivity index (χ0) is 18.7. The van der Waals surface area contributed by atoms with Crippen LogP contribution in [-0.2, 0) is 4.79 Å². The van der Waals surface area contributed by atoms with Gasteiger partial charge in [-0.3, -0.25) is 0 Å². The largest absolute Gasteiger partial charge is 0.586 e. The van der Waals surface area contributed by atoms with Crippen molar-refractivity contribution in [2.45, 2.75) is 26.6 Å². The molecule has 26 heavy (non-hydrogen) atoms. The molecule has 0 radical (unpaired) electrons. The summed E-state index contributed by atoms with van der Waals surface area (Å²) in [6, 6.07) is 7.62. The van der Waals surface area contributed by atoms with E-state index in [1.807, 2.05) is 19.1 Å². The van der Waals surface area contributed by atoms with Crippen molar-refractivity contribution < 1.29 is 27.8 Å². The van der Waals surface area contributed by atoms with Crippen LogP contribution < -0.4 is 14.2 Å². The molecule has 0 saturated heterocycles. The van der Waals surface area contributed by atoms with Gasteiger partial charge in [-0.25, -0.2) is 4.98 Å². The Morgan fingerprint density at radius 2 is 2.04 bits per heavy atom. The van der Waals surface area contributed by atoms with E-state index in [2.05, 4.69) is 14.5 Å². The van der Waals surface area contributed by atoms with E-state index < -0.39 is 6.29 Å². The topological polar surface area (TPSA) is 57.7 Å². The minimum atomic E-state index is -3.66. The van der Waals surface area contributed by atoms with Gasteiger partial charge in [0.15, 0.2) is 11.5 Å². The van der Waals surface area contributed by atoms with Crippen LogP contribution in [0.5, 0.6) is 23.1 Å². The maximum atomic E-state index is 13.0. The second-order valence-electron chi connectivity index (χ2n) is 6.05. The third kappa shape index (κ3) is 4.56. The summed E-state index contributed by atoms with van der Waals surface area (Å²) in [6.07, 6.45) is 2.28. The van der Waals surface area contributed by atoms with Crippen LogP contribution in [0.25, 0.3) is 6.08 Å². The summed E-state index contributed by atoms with van der Waals surface area (Å²) < 4.78 is 40.3. The van der Waals surface area contributed by atoms with E-state index in [1.54, 1.807) is 25.3 Å². The molecule has 0 fully saturated rings. The zero-order valence-electron chi connectivity index (χ0n) is 14.2. The van der Waals surface area contributed by atoms with E-state index in [1.165, 1.54) is 18.2 Å². The molecule has 1 aliphatic rings. The van der Waals surface area contributed by atoms with E-state index in [-0.39, 0.29) is 23.2 Å². The lowest BCUT2D eigenvalue weighted by Gasteiger charge is -2.06. The number of rotatable bonds is 6. The summed E-state index contributed by atoms with van der Waals surface area (Å²) >= 11 is 0. The highest BCUT2D eigenvalue weighted by molar-refractivity contribution is 5.76. The molecule has 0 bridgehead atoms. The molecule has 0 aliphatic carbocycles. The number of alkyl halides is 2. The fourth-order valence-electron chi connectivity index (χ4n) is 2.46. The van der Waals surface area contributed by atoms with Gasteiger partial charge in [-0.05, 0) is 36.6 Å². The molecule has 1 aromatic carbocycles. The fraction of sp³-hybridized carbons (Fsp3) is 0.263. The molecule has 3 rings (SSSR count). The Morgan fingerprint density at radius 3 is 2.73 bits per heavy atom. The summed E-state index contributed by atoms with van der Waals surface area (Å²) in [5.74, 6) is 0.767. The number of ketones is 1. The number of allylic oxidation sites excluding steroid dienone is 1. The molecule has 1 aromatic heterocycles. The molecular formula is C19H17F2NO4. The Bertz CT molecular complexity index is 834. The number of carbonyl (C=O) groups excluding carboxylic acids is 1. The smallest absolute Gasteiger partial charge is 0.439 e. The summed E-state index contributed by atoms with van der Waals surface area (Å²) in [7, 11) is 0. The molecule has 5 nitrogen and oxygen atoms in total. The first-order valence-corrected chi connectivity index (χ1v) is 8.02. The first-order chi connectivity index (χ1) is 12.3. The van der Waals surface area contributed by atoms with Gasteiger partial charge in [-0.15, -0.1) is 8.78 Å². The Hall–Kier alpha value is -2.96. The van der Waals surface area contributed by atoms with Crippen molar-refractivity contribution in [3.8, 4) is 23.1 Å². The molecule has 1 aliphatic heterocycles. The van der Waals surface area contributed by atoms with Gasteiger partial charge in [0.05, 0.1) is 0 Å². The highest BCUT2D eigenvalue weighted by atomic mass is 19.3. The number of fused-ring (bicyclic) bond motifs is 1. The minimum absolute atomic E-state index is 0.0459. The summed E-state index contributed by atoms with van der Waals surface area (Å²) in [5.41, 5.74) is 0.859. The average Bonchev–Trinajstić information content (AvgIpc) is 2.87. The van der Waals surface area contributed by atoms with Gasteiger partial charge in [0.2, 0.25) is 5.88 Å². The lowest BCUT2D eigenvalue weighted by molar-refractivity contribution is -0.286. The molecule has 0 N–H and O–H groups in total. The number of pyridine rings is 1. The quantitative estimate of drug-likeness (QED) is 0.738. The van der Waals surface area contributed by atoms with Crippen molar-refractivity contribution in [1.29, 1.82) is 0 Å². The number of halogens is 2. The maximum absolute atomic E-state index is 13.0. The lowest BCUT2D eigenvalue weighted by atomic mass is 10.0. The Kier molecular flexibility index (Phi) is 4.88. The number of carbonyl (C=O) groups is 1. The predicted molar refractivity (Wildman–Crippen MR) is 90.5 cm³/mol. The SMILES string of the molecule is CC(=O)C[C@@H](C)/C=C/c1ccc(Oc2ccc3c(c2)OC(F)(F)O3)nc1. The first-order valence-electron chi connectivity index (χ1n) is 8.02. The third-order valence-corrected chi connectivity index (χ3v) is 3.58. The van der Waals surface area contributed by atoms with Crippen molar-refractivity contribution in [3.05, 3.63) is 48.2 Å². The number of benzene rings is 1. The molecule has 136 valence electrons. The molecule has 2 aromatic rings. The second-order valence-corrected chi connectivity index (χ2v) is 6.05. The molecule has 0 amide bonds. The molecule has 0 unspecified atom stereocenters. The normalized spacial score (nSPS) is 15.8. The number of nitrogens with zero attached hydrogens (tertiary/aromatic N) is 1. The third-order valence-electron chi connectivity index (χ3n) is 3.58. The first kappa shape index (κ1) is 17.8. The van der Waals surface area contributed by atoms with Gasteiger partial charge in [0, 0.05) is 24.8 Å². The van der Waals surface area contributed by atoms with E-state index in [0.717, 1.165) is 5.56 Å². The van der Waals surface area contributed by atoms with Gasteiger partial charge < -0.3 is 19.0 Å². The molecule has 2 heterocycles. The Balaban J connectivity index is 1.63. The maximum Gasteiger partial charge on any atom is 0.586 e. The van der Waals surface area contributed by atoms with Crippen molar-refractivity contribution >= 4 is 11.9 Å². The standard InChI is InChI=1S/C19H17F2NO4/c1-12(9-13(2)23)3-4-14-5-8-18(22-11-14)24-15-6-7-16-17(10-15)26-19(20,21)25-16/h3-8,10-12H,9H2,1-2H3/b4-3+/t12-/m0/s1. The van der Waals surface area contributed by atoms with Crippen LogP contribution in [0, 0.1) is 5.92 Å².